The number of carbonyl (C=O) groups excluding carboxylic acids is 11. The Balaban J connectivity index is 1.49. The van der Waals surface area contributed by atoms with Crippen molar-refractivity contribution < 1.29 is 81.5 Å². The molecule has 1 aliphatic rings. The maximum Gasteiger partial charge on any atom is 0.407 e. The van der Waals surface area contributed by atoms with E-state index in [4.69, 9.17) is 35.2 Å². The number of methoxy groups -OCH3 is 2. The molecule has 26 nitrogen and oxygen atoms in total. The highest BCUT2D eigenvalue weighted by Gasteiger charge is 2.44. The highest BCUT2D eigenvalue weighted by atomic mass is 16.6. The van der Waals surface area contributed by atoms with Crippen LogP contribution in [0.2, 0.25) is 0 Å². The van der Waals surface area contributed by atoms with E-state index in [0.29, 0.717) is 69.2 Å². The summed E-state index contributed by atoms with van der Waals surface area (Å²) in [4.78, 5) is 151. The number of Topliss-reactive ketones (excluding diaryl/α,β-unsaturated/α-hetero) is 4. The van der Waals surface area contributed by atoms with Crippen molar-refractivity contribution >= 4 is 70.5 Å². The van der Waals surface area contributed by atoms with Gasteiger partial charge in [-0.2, -0.15) is 0 Å². The number of unbranched alkanes of at least 4 members (excludes halogenated alkanes) is 2. The predicted molar refractivity (Wildman–Crippen MR) is 384 cm³/mol. The van der Waals surface area contributed by atoms with Gasteiger partial charge in [-0.05, 0) is 91.4 Å². The minimum Gasteiger partial charge on any atom is -0.445 e. The number of nitrogens with one attached hydrogen (secondary N) is 4. The van der Waals surface area contributed by atoms with Gasteiger partial charge in [0.2, 0.25) is 29.5 Å². The van der Waals surface area contributed by atoms with Gasteiger partial charge < -0.3 is 76.2 Å². The number of hydrogen-bond donors (Lipinski definition) is 7. The fourth-order valence-electron chi connectivity index (χ4n) is 13.2. The third-order valence-corrected chi connectivity index (χ3v) is 19.3. The molecule has 0 radical (unpaired) electrons. The number of hydrogen-bond acceptors (Lipinski definition) is 18. The lowest BCUT2D eigenvalue weighted by molar-refractivity contribution is -0.150. The third kappa shape index (κ3) is 29.9. The molecule has 0 bridgehead atoms. The molecule has 1 fully saturated rings. The Morgan fingerprint density at radius 2 is 1.36 bits per heavy atom. The number of benzene rings is 2. The number of carbonyl (C=O) groups is 11. The molecule has 0 aliphatic carbocycles. The quantitative estimate of drug-likeness (QED) is 0.0315. The maximum atomic E-state index is 14.8. The molecule has 0 spiro atoms. The first-order chi connectivity index (χ1) is 47.9. The average molecular weight is 1420 g/mol. The van der Waals surface area contributed by atoms with Crippen LogP contribution in [-0.2, 0) is 73.4 Å². The Hall–Kier alpha value is -7.23. The first-order valence-electron chi connectivity index (χ1n) is 36.1. The van der Waals surface area contributed by atoms with E-state index < -0.39 is 78.1 Å². The van der Waals surface area contributed by atoms with E-state index in [-0.39, 0.29) is 168 Å². The Bertz CT molecular complexity index is 2920. The summed E-state index contributed by atoms with van der Waals surface area (Å²) in [5, 5.41) is 21.8. The summed E-state index contributed by atoms with van der Waals surface area (Å²) < 4.78 is 28.7. The standard InChI is InChI=1S/C75H121N9O17/c1-15-50(8)69(63(97-13)43-65(90)84-36-23-28-59(84)71(98-14)52(10)60(86)40-51(9)70(92)54-24-18-16-19-25-54)83(12)73(94)58(47(2)3)42-62(88)68(49(6)7)82(11)66(91)46-100-39-38-99-37-35-79-75(96)101-45-53-30-32-56(33-31-53)80-72(93)55(26-22-34-78-74(77)95)41-61(87)67(48(4)5)81-64(89)29-21-17-20-27-57(85)44-76/h16,18-19,24-25,30-33,47-52,55,58-59,63,67-71,92H,15,17,20-23,26-29,34-46,76H2,1-14H3,(H,79,96)(H,80,93)(H,81,89)(H3,77,78,95)/t50-,51-,52-,55+,58-,59-,63+,67?,68?,69-,70+,71+/m0/s1. The SMILES string of the molecule is CC[C@H](C)[C@@H]([C@@H](CC(=O)N1CCC[C@H]1[C@H](OC)[C@@H](C)C(=O)C[C@H](C)[C@@H](O)c1ccccc1)OC)N(C)C(=O)[C@@H](CC(=O)C(C(C)C)N(C)C(=O)COCCOCCNC(=O)OCc1ccc(NC(=O)[C@H](CCCNC(N)=O)CC(=O)C(NC(=O)CCCCCC(=O)CN)C(C)C)cc1)C(C)C. The van der Waals surface area contributed by atoms with Gasteiger partial charge in [-0.25, -0.2) is 9.59 Å². The molecular formula is C75H121N9O17. The van der Waals surface area contributed by atoms with Crippen molar-refractivity contribution in [3.05, 3.63) is 65.7 Å². The van der Waals surface area contributed by atoms with Crippen molar-refractivity contribution in [3.8, 4) is 0 Å². The fraction of sp³-hybridized carbons (Fsp3) is 0.693. The minimum atomic E-state index is -0.872. The van der Waals surface area contributed by atoms with Crippen LogP contribution in [0, 0.1) is 47.3 Å². The Labute approximate surface area is 599 Å². The number of likely N-dealkylation sites (tertiary alicyclic amines) is 1. The van der Waals surface area contributed by atoms with Gasteiger partial charge in [0, 0.05) is 103 Å². The van der Waals surface area contributed by atoms with Crippen molar-refractivity contribution in [1.82, 2.24) is 30.7 Å². The second-order valence-electron chi connectivity index (χ2n) is 28.1. The lowest BCUT2D eigenvalue weighted by Crippen LogP contribution is -2.54. The van der Waals surface area contributed by atoms with Crippen LogP contribution in [0.4, 0.5) is 15.3 Å². The second kappa shape index (κ2) is 46.4. The maximum absolute atomic E-state index is 14.8. The molecule has 8 amide bonds. The molecule has 9 N–H and O–H groups in total. The predicted octanol–water partition coefficient (Wildman–Crippen LogP) is 7.49. The van der Waals surface area contributed by atoms with Crippen molar-refractivity contribution in [3.63, 3.8) is 0 Å². The lowest BCUT2D eigenvalue weighted by atomic mass is 9.83. The van der Waals surface area contributed by atoms with E-state index in [1.165, 1.54) is 12.0 Å². The van der Waals surface area contributed by atoms with Gasteiger partial charge in [-0.15, -0.1) is 0 Å². The number of urea groups is 1. The van der Waals surface area contributed by atoms with Crippen LogP contribution in [-0.4, -0.2) is 202 Å². The summed E-state index contributed by atoms with van der Waals surface area (Å²) in [5.41, 5.74) is 12.4. The van der Waals surface area contributed by atoms with Crippen LogP contribution < -0.4 is 32.7 Å². The normalized spacial score (nSPS) is 16.3. The summed E-state index contributed by atoms with van der Waals surface area (Å²) in [6.45, 7) is 19.2. The van der Waals surface area contributed by atoms with Crippen LogP contribution in [0.1, 0.15) is 176 Å². The van der Waals surface area contributed by atoms with Crippen molar-refractivity contribution in [2.75, 3.05) is 86.2 Å². The number of nitrogens with zero attached hydrogens (tertiary/aromatic N) is 3. The molecule has 1 heterocycles. The molecule has 2 aromatic rings. The first-order valence-corrected chi connectivity index (χ1v) is 36.1. The van der Waals surface area contributed by atoms with Crippen LogP contribution in [0.15, 0.2) is 54.6 Å². The number of rotatable bonds is 50. The minimum absolute atomic E-state index is 0.0173. The molecule has 3 rings (SSSR count). The third-order valence-electron chi connectivity index (χ3n) is 19.3. The van der Waals surface area contributed by atoms with Gasteiger partial charge in [-0.3, -0.25) is 43.2 Å². The summed E-state index contributed by atoms with van der Waals surface area (Å²) in [6, 6.07) is 12.5. The zero-order valence-corrected chi connectivity index (χ0v) is 62.6. The van der Waals surface area contributed by atoms with Gasteiger partial charge in [0.05, 0.1) is 75.3 Å². The molecule has 12 atom stereocenters. The van der Waals surface area contributed by atoms with Gasteiger partial charge in [0.15, 0.2) is 11.6 Å². The number of alkyl carbamates (subject to hydrolysis) is 1. The smallest absolute Gasteiger partial charge is 0.407 e. The molecule has 101 heavy (non-hydrogen) atoms. The molecule has 1 aliphatic heterocycles. The molecule has 0 saturated carbocycles. The zero-order chi connectivity index (χ0) is 75.5. The molecule has 0 aromatic heterocycles. The van der Waals surface area contributed by atoms with Crippen LogP contribution in [0.3, 0.4) is 0 Å². The number of anilines is 1. The van der Waals surface area contributed by atoms with Gasteiger partial charge in [-0.1, -0.05) is 125 Å². The molecule has 2 unspecified atom stereocenters. The average Bonchev–Trinajstić information content (AvgIpc) is 1.80. The molecule has 26 heteroatoms. The second-order valence-corrected chi connectivity index (χ2v) is 28.1. The number of likely N-dealkylation sites (N-methyl/N-ethyl adjacent to an activating group) is 2. The van der Waals surface area contributed by atoms with Gasteiger partial charge >= 0.3 is 12.1 Å². The summed E-state index contributed by atoms with van der Waals surface area (Å²) in [7, 11) is 6.32. The number of ketones is 4. The molecule has 568 valence electrons. The van der Waals surface area contributed by atoms with E-state index in [9.17, 15) is 57.8 Å². The monoisotopic (exact) mass is 1420 g/mol. The fourth-order valence-corrected chi connectivity index (χ4v) is 13.2. The summed E-state index contributed by atoms with van der Waals surface area (Å²) in [6.07, 6.45) is 1.88. The first kappa shape index (κ1) is 88.0. The van der Waals surface area contributed by atoms with Crippen LogP contribution in [0.5, 0.6) is 0 Å². The number of amides is 8. The van der Waals surface area contributed by atoms with E-state index in [1.54, 1.807) is 69.1 Å². The Morgan fingerprint density at radius 1 is 0.693 bits per heavy atom. The molecule has 2 aromatic carbocycles. The van der Waals surface area contributed by atoms with Crippen molar-refractivity contribution in [2.45, 2.75) is 208 Å². The number of primary amides is 1. The van der Waals surface area contributed by atoms with E-state index in [2.05, 4.69) is 21.3 Å². The van der Waals surface area contributed by atoms with Gasteiger partial charge in [0.25, 0.3) is 0 Å². The molecule has 1 saturated heterocycles. The van der Waals surface area contributed by atoms with Crippen molar-refractivity contribution in [2.24, 2.45) is 58.8 Å². The highest BCUT2D eigenvalue weighted by molar-refractivity contribution is 5.98. The number of nitrogens with two attached hydrogens (primary N) is 2. The van der Waals surface area contributed by atoms with E-state index in [0.717, 1.165) is 5.56 Å². The highest BCUT2D eigenvalue weighted by Crippen LogP contribution is 2.33. The Kier molecular flexibility index (Phi) is 40.4. The van der Waals surface area contributed by atoms with E-state index >= 15 is 0 Å². The van der Waals surface area contributed by atoms with Gasteiger partial charge in [0.1, 0.15) is 24.8 Å². The zero-order valence-electron chi connectivity index (χ0n) is 62.6. The number of ether oxygens (including phenoxy) is 5. The van der Waals surface area contributed by atoms with Crippen LogP contribution in [0.25, 0.3) is 0 Å². The summed E-state index contributed by atoms with van der Waals surface area (Å²) in [5.74, 6) is -5.82. The summed E-state index contributed by atoms with van der Waals surface area (Å²) >= 11 is 0. The largest absolute Gasteiger partial charge is 0.445 e. The molecular weight excluding hydrogens is 1300 g/mol. The topological polar surface area (TPSA) is 364 Å². The lowest BCUT2D eigenvalue weighted by Gasteiger charge is -2.41. The van der Waals surface area contributed by atoms with E-state index in [1.807, 2.05) is 85.7 Å². The van der Waals surface area contributed by atoms with Crippen molar-refractivity contribution in [1.29, 1.82) is 0 Å². The Morgan fingerprint density at radius 3 is 1.96 bits per heavy atom. The number of aliphatic hydroxyl groups excluding tert-OH is 1. The number of aliphatic hydroxyl groups is 1. The van der Waals surface area contributed by atoms with Crippen LogP contribution >= 0.6 is 0 Å².